The number of nitrogens with one attached hydrogen (secondary N) is 1. The zero-order valence-corrected chi connectivity index (χ0v) is 15.2. The molecule has 114 valence electrons. The second-order valence-corrected chi connectivity index (χ2v) is 7.55. The summed E-state index contributed by atoms with van der Waals surface area (Å²) in [5.41, 5.74) is 2.31. The highest BCUT2D eigenvalue weighted by molar-refractivity contribution is 9.10. The Labute approximate surface area is 139 Å². The second kappa shape index (κ2) is 8.01. The maximum atomic E-state index is 4.86. The molecule has 0 aliphatic heterocycles. The molecule has 2 aromatic heterocycles. The van der Waals surface area contributed by atoms with Crippen LogP contribution in [-0.2, 0) is 13.0 Å². The van der Waals surface area contributed by atoms with Gasteiger partial charge in [0.15, 0.2) is 0 Å². The summed E-state index contributed by atoms with van der Waals surface area (Å²) >= 11 is 5.26. The average Bonchev–Trinajstić information content (AvgIpc) is 2.81. The van der Waals surface area contributed by atoms with E-state index in [9.17, 15) is 0 Å². The third kappa shape index (κ3) is 4.87. The molecule has 3 nitrogen and oxygen atoms in total. The van der Waals surface area contributed by atoms with E-state index < -0.39 is 0 Å². The Bertz CT molecular complexity index is 581. The van der Waals surface area contributed by atoms with E-state index in [2.05, 4.69) is 53.1 Å². The van der Waals surface area contributed by atoms with Crippen LogP contribution in [0.4, 0.5) is 0 Å². The van der Waals surface area contributed by atoms with E-state index in [1.807, 2.05) is 6.20 Å². The number of pyridine rings is 1. The monoisotopic (exact) mass is 367 g/mol. The zero-order valence-electron chi connectivity index (χ0n) is 12.8. The molecule has 5 heteroatoms. The van der Waals surface area contributed by atoms with Gasteiger partial charge in [-0.1, -0.05) is 20.8 Å². The zero-order chi connectivity index (χ0) is 15.2. The molecule has 0 saturated heterocycles. The molecule has 2 heterocycles. The quantitative estimate of drug-likeness (QED) is 0.722. The van der Waals surface area contributed by atoms with E-state index in [1.54, 1.807) is 17.5 Å². The Morgan fingerprint density at radius 3 is 2.81 bits per heavy atom. The molecule has 1 N–H and O–H groups in total. The molecule has 0 spiro atoms. The second-order valence-electron chi connectivity index (χ2n) is 5.56. The minimum atomic E-state index is 0.616. The van der Waals surface area contributed by atoms with Gasteiger partial charge < -0.3 is 5.32 Å². The Hall–Kier alpha value is -0.780. The lowest BCUT2D eigenvalue weighted by Crippen LogP contribution is -2.14. The molecule has 0 aromatic carbocycles. The van der Waals surface area contributed by atoms with E-state index in [0.29, 0.717) is 5.92 Å². The van der Waals surface area contributed by atoms with Crippen LogP contribution in [0.5, 0.6) is 0 Å². The highest BCUT2D eigenvalue weighted by atomic mass is 79.9. The van der Waals surface area contributed by atoms with Crippen molar-refractivity contribution in [3.05, 3.63) is 33.5 Å². The third-order valence-corrected chi connectivity index (χ3v) is 4.62. The third-order valence-electron chi connectivity index (χ3n) is 3.04. The van der Waals surface area contributed by atoms with Gasteiger partial charge in [0.05, 0.1) is 5.69 Å². The predicted octanol–water partition coefficient (Wildman–Crippen LogP) is 4.67. The fraction of sp³-hybridized carbons (Fsp3) is 0.500. The number of aromatic nitrogens is 2. The van der Waals surface area contributed by atoms with E-state index in [4.69, 9.17) is 4.98 Å². The summed E-state index contributed by atoms with van der Waals surface area (Å²) in [6.07, 6.45) is 5.86. The number of rotatable bonds is 7. The summed E-state index contributed by atoms with van der Waals surface area (Å²) in [5, 5.41) is 4.55. The van der Waals surface area contributed by atoms with Crippen LogP contribution < -0.4 is 5.32 Å². The van der Waals surface area contributed by atoms with Crippen LogP contribution >= 0.6 is 27.3 Å². The molecule has 0 saturated carbocycles. The lowest BCUT2D eigenvalue weighted by Gasteiger charge is -2.05. The summed E-state index contributed by atoms with van der Waals surface area (Å²) in [6.45, 7) is 8.63. The minimum absolute atomic E-state index is 0.616. The van der Waals surface area contributed by atoms with Crippen molar-refractivity contribution < 1.29 is 0 Å². The van der Waals surface area contributed by atoms with Crippen molar-refractivity contribution in [1.82, 2.24) is 15.3 Å². The summed E-state index contributed by atoms with van der Waals surface area (Å²) in [5.74, 6) is 0.616. The standard InChI is InChI=1S/C16H22BrN3S/c1-4-5-18-10-15-14(6-11(2)3)20-16(21-15)12-7-13(17)9-19-8-12/h7-9,11,18H,4-6,10H2,1-3H3. The number of hydrogen-bond donors (Lipinski definition) is 1. The lowest BCUT2D eigenvalue weighted by molar-refractivity contribution is 0.623. The van der Waals surface area contributed by atoms with Gasteiger partial charge in [0.2, 0.25) is 0 Å². The van der Waals surface area contributed by atoms with Crippen LogP contribution in [0.2, 0.25) is 0 Å². The minimum Gasteiger partial charge on any atom is -0.312 e. The van der Waals surface area contributed by atoms with E-state index >= 15 is 0 Å². The number of hydrogen-bond acceptors (Lipinski definition) is 4. The number of halogens is 1. The summed E-state index contributed by atoms with van der Waals surface area (Å²) in [6, 6.07) is 2.08. The molecule has 2 rings (SSSR count). The van der Waals surface area contributed by atoms with E-state index in [-0.39, 0.29) is 0 Å². The molecule has 0 radical (unpaired) electrons. The van der Waals surface area contributed by atoms with Crippen LogP contribution in [0.15, 0.2) is 22.9 Å². The molecule has 2 aromatic rings. The van der Waals surface area contributed by atoms with Crippen LogP contribution in [0.1, 0.15) is 37.8 Å². The molecule has 0 aliphatic rings. The van der Waals surface area contributed by atoms with Crippen LogP contribution in [0.3, 0.4) is 0 Å². The topological polar surface area (TPSA) is 37.8 Å². The van der Waals surface area contributed by atoms with E-state index in [0.717, 1.165) is 41.0 Å². The van der Waals surface area contributed by atoms with Gasteiger partial charge in [0, 0.05) is 33.9 Å². The van der Waals surface area contributed by atoms with Gasteiger partial charge in [-0.05, 0) is 47.3 Å². The Kier molecular flexibility index (Phi) is 6.33. The fourth-order valence-electron chi connectivity index (χ4n) is 2.10. The van der Waals surface area contributed by atoms with Crippen LogP contribution in [0, 0.1) is 5.92 Å². The Morgan fingerprint density at radius 1 is 1.33 bits per heavy atom. The molecular weight excluding hydrogens is 346 g/mol. The van der Waals surface area contributed by atoms with Gasteiger partial charge >= 0.3 is 0 Å². The van der Waals surface area contributed by atoms with E-state index in [1.165, 1.54) is 10.6 Å². The molecular formula is C16H22BrN3S. The maximum Gasteiger partial charge on any atom is 0.125 e. The number of thiazole rings is 1. The predicted molar refractivity (Wildman–Crippen MR) is 93.6 cm³/mol. The molecule has 0 bridgehead atoms. The van der Waals surface area contributed by atoms with Crippen molar-refractivity contribution in [1.29, 1.82) is 0 Å². The van der Waals surface area contributed by atoms with Crippen LogP contribution in [0.25, 0.3) is 10.6 Å². The first-order chi connectivity index (χ1) is 10.1. The summed E-state index contributed by atoms with van der Waals surface area (Å²) in [4.78, 5) is 10.5. The van der Waals surface area contributed by atoms with Gasteiger partial charge in [0.1, 0.15) is 5.01 Å². The van der Waals surface area contributed by atoms with Gasteiger partial charge in [0.25, 0.3) is 0 Å². The first-order valence-electron chi connectivity index (χ1n) is 7.40. The van der Waals surface area contributed by atoms with Crippen molar-refractivity contribution in [2.75, 3.05) is 6.54 Å². The number of nitrogens with zero attached hydrogens (tertiary/aromatic N) is 2. The normalized spacial score (nSPS) is 11.3. The highest BCUT2D eigenvalue weighted by Crippen LogP contribution is 2.30. The largest absolute Gasteiger partial charge is 0.312 e. The first-order valence-corrected chi connectivity index (χ1v) is 9.01. The van der Waals surface area contributed by atoms with Crippen LogP contribution in [-0.4, -0.2) is 16.5 Å². The Balaban J connectivity index is 2.26. The highest BCUT2D eigenvalue weighted by Gasteiger charge is 2.14. The molecule has 0 aliphatic carbocycles. The maximum absolute atomic E-state index is 4.86. The first kappa shape index (κ1) is 16.6. The molecule has 0 amide bonds. The molecule has 0 unspecified atom stereocenters. The summed E-state index contributed by atoms with van der Waals surface area (Å²) < 4.78 is 0.992. The van der Waals surface area contributed by atoms with Crippen molar-refractivity contribution in [2.45, 2.75) is 40.2 Å². The van der Waals surface area contributed by atoms with Gasteiger partial charge in [-0.25, -0.2) is 4.98 Å². The summed E-state index contributed by atoms with van der Waals surface area (Å²) in [7, 11) is 0. The lowest BCUT2D eigenvalue weighted by atomic mass is 10.1. The van der Waals surface area contributed by atoms with Crippen molar-refractivity contribution in [2.24, 2.45) is 5.92 Å². The van der Waals surface area contributed by atoms with Crippen molar-refractivity contribution >= 4 is 27.3 Å². The average molecular weight is 368 g/mol. The SMILES string of the molecule is CCCNCc1sc(-c2cncc(Br)c2)nc1CC(C)C. The van der Waals surface area contributed by atoms with Gasteiger partial charge in [-0.3, -0.25) is 4.98 Å². The van der Waals surface area contributed by atoms with Gasteiger partial charge in [-0.2, -0.15) is 0 Å². The Morgan fingerprint density at radius 2 is 2.14 bits per heavy atom. The molecule has 21 heavy (non-hydrogen) atoms. The molecule has 0 fully saturated rings. The van der Waals surface area contributed by atoms with Crippen molar-refractivity contribution in [3.8, 4) is 10.6 Å². The smallest absolute Gasteiger partial charge is 0.125 e. The van der Waals surface area contributed by atoms with Crippen molar-refractivity contribution in [3.63, 3.8) is 0 Å². The van der Waals surface area contributed by atoms with Gasteiger partial charge in [-0.15, -0.1) is 11.3 Å². The fourth-order valence-corrected chi connectivity index (χ4v) is 3.50. The molecule has 0 atom stereocenters.